The zero-order valence-electron chi connectivity index (χ0n) is 23.8. The minimum Gasteiger partial charge on any atom is -0.507 e. The van der Waals surface area contributed by atoms with E-state index >= 15 is 0 Å². The molecule has 2 aromatic carbocycles. The van der Waals surface area contributed by atoms with Gasteiger partial charge in [-0.2, -0.15) is 0 Å². The van der Waals surface area contributed by atoms with E-state index in [0.717, 1.165) is 19.3 Å². The smallest absolute Gasteiger partial charge is 0.295 e. The number of hydrogen-bond acceptors (Lipinski definition) is 6. The van der Waals surface area contributed by atoms with Crippen molar-refractivity contribution in [3.63, 3.8) is 0 Å². The van der Waals surface area contributed by atoms with Crippen molar-refractivity contribution in [2.75, 3.05) is 27.9 Å². The predicted molar refractivity (Wildman–Crippen MR) is 153 cm³/mol. The van der Waals surface area contributed by atoms with Crippen molar-refractivity contribution in [2.24, 2.45) is 0 Å². The Morgan fingerprint density at radius 3 is 1.92 bits per heavy atom. The lowest BCUT2D eigenvalue weighted by atomic mass is 9.94. The fourth-order valence-corrected chi connectivity index (χ4v) is 5.15. The first-order valence-electron chi connectivity index (χ1n) is 14.1. The van der Waals surface area contributed by atoms with Gasteiger partial charge in [0.05, 0.1) is 32.9 Å². The number of benzene rings is 2. The van der Waals surface area contributed by atoms with E-state index in [9.17, 15) is 14.7 Å². The number of hydrogen-bond donors (Lipinski definition) is 1. The third-order valence-corrected chi connectivity index (χ3v) is 7.38. The molecule has 0 aliphatic carbocycles. The summed E-state index contributed by atoms with van der Waals surface area (Å²) in [5.74, 6) is 0.175. The molecule has 7 nitrogen and oxygen atoms in total. The zero-order valence-corrected chi connectivity index (χ0v) is 23.8. The van der Waals surface area contributed by atoms with Crippen LogP contribution < -0.4 is 14.2 Å². The van der Waals surface area contributed by atoms with Gasteiger partial charge in [-0.15, -0.1) is 0 Å². The molecule has 1 N–H and O–H groups in total. The lowest BCUT2D eigenvalue weighted by Crippen LogP contribution is -2.30. The number of likely N-dealkylation sites (tertiary alicyclic amines) is 1. The van der Waals surface area contributed by atoms with Gasteiger partial charge < -0.3 is 24.2 Å². The molecule has 1 saturated heterocycles. The van der Waals surface area contributed by atoms with Crippen molar-refractivity contribution in [1.82, 2.24) is 4.90 Å². The van der Waals surface area contributed by atoms with Crippen LogP contribution in [0.1, 0.15) is 88.3 Å². The standard InChI is InChI=1S/C32H43NO6/c1-5-6-7-8-9-10-11-12-13-14-21-33-29(24-17-20-26(38-3)27(22-24)39-4)28(31(35)32(33)36)30(34)23-15-18-25(37-2)19-16-23/h15-20,22,29,34H,5-14,21H2,1-4H3/t29-/m1/s1. The van der Waals surface area contributed by atoms with Crippen LogP contribution in [-0.4, -0.2) is 49.6 Å². The highest BCUT2D eigenvalue weighted by Crippen LogP contribution is 2.42. The summed E-state index contributed by atoms with van der Waals surface area (Å²) in [7, 11) is 4.66. The van der Waals surface area contributed by atoms with E-state index in [2.05, 4.69) is 6.92 Å². The van der Waals surface area contributed by atoms with Gasteiger partial charge in [-0.1, -0.05) is 70.8 Å². The Kier molecular flexibility index (Phi) is 11.7. The van der Waals surface area contributed by atoms with Gasteiger partial charge in [-0.25, -0.2) is 0 Å². The van der Waals surface area contributed by atoms with Gasteiger partial charge in [-0.3, -0.25) is 9.59 Å². The molecule has 39 heavy (non-hydrogen) atoms. The van der Waals surface area contributed by atoms with Gasteiger partial charge in [0.25, 0.3) is 11.7 Å². The number of methoxy groups -OCH3 is 3. The molecule has 212 valence electrons. The zero-order chi connectivity index (χ0) is 28.2. The molecule has 1 heterocycles. The molecule has 1 aliphatic rings. The van der Waals surface area contributed by atoms with Gasteiger partial charge in [0.15, 0.2) is 11.5 Å². The average molecular weight is 538 g/mol. The van der Waals surface area contributed by atoms with E-state index in [1.165, 1.54) is 44.9 Å². The number of aliphatic hydroxyl groups excluding tert-OH is 1. The van der Waals surface area contributed by atoms with Crippen molar-refractivity contribution >= 4 is 17.4 Å². The Labute approximate surface area is 232 Å². The first-order chi connectivity index (χ1) is 19.0. The first kappa shape index (κ1) is 30.1. The van der Waals surface area contributed by atoms with E-state index in [1.54, 1.807) is 62.6 Å². The predicted octanol–water partition coefficient (Wildman–Crippen LogP) is 7.06. The summed E-state index contributed by atoms with van der Waals surface area (Å²) < 4.78 is 16.1. The molecule has 0 saturated carbocycles. The molecule has 3 rings (SSSR count). The minimum absolute atomic E-state index is 0.0736. The molecule has 2 aromatic rings. The highest BCUT2D eigenvalue weighted by atomic mass is 16.5. The SMILES string of the molecule is CCCCCCCCCCCCN1C(=O)C(=O)C(=C(O)c2ccc(OC)cc2)[C@H]1c1ccc(OC)c(OC)c1. The monoisotopic (exact) mass is 537 g/mol. The summed E-state index contributed by atoms with van der Waals surface area (Å²) in [4.78, 5) is 28.2. The number of aliphatic hydroxyl groups is 1. The Balaban J connectivity index is 1.81. The number of carbonyl (C=O) groups is 2. The average Bonchev–Trinajstić information content (AvgIpc) is 3.22. The van der Waals surface area contributed by atoms with Crippen molar-refractivity contribution in [1.29, 1.82) is 0 Å². The molecule has 1 fully saturated rings. The summed E-state index contributed by atoms with van der Waals surface area (Å²) in [6.07, 6.45) is 11.8. The van der Waals surface area contributed by atoms with Crippen LogP contribution in [0.25, 0.3) is 5.76 Å². The maximum Gasteiger partial charge on any atom is 0.295 e. The summed E-state index contributed by atoms with van der Waals surface area (Å²) in [6, 6.07) is 11.4. The van der Waals surface area contributed by atoms with Crippen molar-refractivity contribution in [3.05, 3.63) is 59.2 Å². The van der Waals surface area contributed by atoms with Crippen molar-refractivity contribution in [3.8, 4) is 17.2 Å². The molecule has 0 radical (unpaired) electrons. The van der Waals surface area contributed by atoms with Gasteiger partial charge in [0.2, 0.25) is 0 Å². The topological polar surface area (TPSA) is 85.3 Å². The second-order valence-corrected chi connectivity index (χ2v) is 10.0. The second kappa shape index (κ2) is 15.2. The molecule has 0 aromatic heterocycles. The lowest BCUT2D eigenvalue weighted by molar-refractivity contribution is -0.139. The fraction of sp³-hybridized carbons (Fsp3) is 0.500. The fourth-order valence-electron chi connectivity index (χ4n) is 5.15. The van der Waals surface area contributed by atoms with Gasteiger partial charge in [0, 0.05) is 12.1 Å². The number of Topliss-reactive ketones (excluding diaryl/α,β-unsaturated/α-hetero) is 1. The number of amides is 1. The van der Waals surface area contributed by atoms with Crippen LogP contribution in [0, 0.1) is 0 Å². The Bertz CT molecular complexity index is 1120. The number of carbonyl (C=O) groups excluding carboxylic acids is 2. The van der Waals surface area contributed by atoms with E-state index in [4.69, 9.17) is 14.2 Å². The number of ketones is 1. The molecule has 0 unspecified atom stereocenters. The van der Waals surface area contributed by atoms with Crippen molar-refractivity contribution < 1.29 is 28.9 Å². The highest BCUT2D eigenvalue weighted by Gasteiger charge is 2.46. The van der Waals surface area contributed by atoms with Gasteiger partial charge in [-0.05, 0) is 48.4 Å². The summed E-state index contributed by atoms with van der Waals surface area (Å²) in [5, 5.41) is 11.3. The number of ether oxygens (including phenoxy) is 3. The maximum absolute atomic E-state index is 13.3. The lowest BCUT2D eigenvalue weighted by Gasteiger charge is -2.26. The molecule has 1 atom stereocenters. The first-order valence-corrected chi connectivity index (χ1v) is 14.1. The maximum atomic E-state index is 13.3. The Morgan fingerprint density at radius 2 is 1.36 bits per heavy atom. The number of rotatable bonds is 16. The molecule has 1 aliphatic heterocycles. The molecular formula is C32H43NO6. The third kappa shape index (κ3) is 7.55. The quantitative estimate of drug-likeness (QED) is 0.107. The number of unbranched alkanes of at least 4 members (excludes halogenated alkanes) is 9. The van der Waals surface area contributed by atoms with Crippen LogP contribution in [0.5, 0.6) is 17.2 Å². The van der Waals surface area contributed by atoms with Gasteiger partial charge in [0.1, 0.15) is 11.5 Å². The van der Waals surface area contributed by atoms with Crippen LogP contribution in [-0.2, 0) is 9.59 Å². The summed E-state index contributed by atoms with van der Waals surface area (Å²) >= 11 is 0. The second-order valence-electron chi connectivity index (χ2n) is 10.0. The molecule has 0 spiro atoms. The van der Waals surface area contributed by atoms with Crippen molar-refractivity contribution in [2.45, 2.75) is 77.2 Å². The van der Waals surface area contributed by atoms with E-state index in [-0.39, 0.29) is 11.3 Å². The summed E-state index contributed by atoms with van der Waals surface area (Å²) in [5.41, 5.74) is 1.19. The largest absolute Gasteiger partial charge is 0.507 e. The molecule has 0 bridgehead atoms. The van der Waals surface area contributed by atoms with Crippen LogP contribution in [0.4, 0.5) is 0 Å². The Morgan fingerprint density at radius 1 is 0.769 bits per heavy atom. The van der Waals surface area contributed by atoms with E-state index in [0.29, 0.717) is 34.9 Å². The normalized spacial score (nSPS) is 16.5. The van der Waals surface area contributed by atoms with Crippen LogP contribution in [0.3, 0.4) is 0 Å². The van der Waals surface area contributed by atoms with Crippen LogP contribution in [0.15, 0.2) is 48.0 Å². The number of nitrogens with zero attached hydrogens (tertiary/aromatic N) is 1. The van der Waals surface area contributed by atoms with Gasteiger partial charge >= 0.3 is 0 Å². The molecule has 1 amide bonds. The van der Waals surface area contributed by atoms with E-state index < -0.39 is 17.7 Å². The summed E-state index contributed by atoms with van der Waals surface area (Å²) in [6.45, 7) is 2.66. The van der Waals surface area contributed by atoms with Crippen LogP contribution >= 0.6 is 0 Å². The van der Waals surface area contributed by atoms with E-state index in [1.807, 2.05) is 6.07 Å². The molecule has 7 heteroatoms. The third-order valence-electron chi connectivity index (χ3n) is 7.38. The highest BCUT2D eigenvalue weighted by molar-refractivity contribution is 6.46. The molecular weight excluding hydrogens is 494 g/mol. The minimum atomic E-state index is -0.731. The van der Waals surface area contributed by atoms with Crippen LogP contribution in [0.2, 0.25) is 0 Å². The Hall–Kier alpha value is -3.48.